The minimum absolute atomic E-state index is 0.387. The summed E-state index contributed by atoms with van der Waals surface area (Å²) in [6.45, 7) is 0. The second-order valence-corrected chi connectivity index (χ2v) is 3.90. The van der Waals surface area contributed by atoms with E-state index in [-0.39, 0.29) is 0 Å². The molecule has 3 heteroatoms. The van der Waals surface area contributed by atoms with E-state index in [0.29, 0.717) is 20.3 Å². The molecule has 0 aliphatic rings. The van der Waals surface area contributed by atoms with Gasteiger partial charge in [0.25, 0.3) is 0 Å². The summed E-state index contributed by atoms with van der Waals surface area (Å²) in [5.41, 5.74) is 7.45. The Kier molecular flexibility index (Phi) is 1.26. The van der Waals surface area contributed by atoms with Crippen molar-refractivity contribution < 1.29 is 4.40 Å². The van der Waals surface area contributed by atoms with Gasteiger partial charge in [-0.15, -0.1) is 0 Å². The van der Waals surface area contributed by atoms with Gasteiger partial charge in [0.1, 0.15) is 0 Å². The molecule has 50 valence electrons. The van der Waals surface area contributed by atoms with E-state index in [9.17, 15) is 0 Å². The summed E-state index contributed by atoms with van der Waals surface area (Å²) in [5, 5.41) is 0. The Morgan fingerprint density at radius 1 is 1.40 bits per heavy atom. The molecule has 0 amide bonds. The Morgan fingerprint density at radius 3 is 3.10 bits per heavy atom. The summed E-state index contributed by atoms with van der Waals surface area (Å²) < 4.78 is 3.18. The van der Waals surface area contributed by atoms with E-state index >= 15 is 0 Å². The quantitative estimate of drug-likeness (QED) is 0.448. The van der Waals surface area contributed by atoms with Crippen LogP contribution in [0, 0.1) is 0 Å². The van der Waals surface area contributed by atoms with Crippen molar-refractivity contribution in [2.75, 3.05) is 0 Å². The molecule has 10 heavy (non-hydrogen) atoms. The zero-order chi connectivity index (χ0) is 6.97. The number of hydrogen-bond acceptors (Lipinski definition) is 0. The predicted octanol–water partition coefficient (Wildman–Crippen LogP) is 1.17. The fraction of sp³-hybridized carbons (Fsp3) is 0. The summed E-state index contributed by atoms with van der Waals surface area (Å²) >= 11 is 0.387. The van der Waals surface area contributed by atoms with Crippen molar-refractivity contribution in [1.29, 1.82) is 0 Å². The Bertz CT molecular complexity index is 353. The van der Waals surface area contributed by atoms with Gasteiger partial charge in [-0.2, -0.15) is 0 Å². The van der Waals surface area contributed by atoms with Crippen LogP contribution < -0.4 is 4.40 Å². The number of aromatic nitrogens is 1. The van der Waals surface area contributed by atoms with Crippen molar-refractivity contribution in [1.82, 2.24) is 0 Å². The van der Waals surface area contributed by atoms with E-state index < -0.39 is 0 Å². The van der Waals surface area contributed by atoms with Gasteiger partial charge < -0.3 is 0 Å². The third-order valence-electron chi connectivity index (χ3n) is 1.37. The van der Waals surface area contributed by atoms with Crippen LogP contribution in [0.1, 0.15) is 0 Å². The molecule has 0 bridgehead atoms. The van der Waals surface area contributed by atoms with E-state index in [1.54, 1.807) is 0 Å². The maximum atomic E-state index is 7.45. The van der Waals surface area contributed by atoms with Crippen molar-refractivity contribution in [3.05, 3.63) is 35.1 Å². The molecule has 0 fully saturated rings. The normalized spacial score (nSPS) is 10.4. The molecule has 2 nitrogen and oxygen atoms in total. The molecular weight excluding hydrogens is 191 g/mol. The average molecular weight is 197 g/mol. The Balaban J connectivity index is 2.93. The van der Waals surface area contributed by atoms with Crippen LogP contribution in [0.25, 0.3) is 10.1 Å². The van der Waals surface area contributed by atoms with Crippen LogP contribution >= 0.6 is 0 Å². The molecule has 2 rings (SSSR count). The van der Waals surface area contributed by atoms with Crippen molar-refractivity contribution >= 4 is 24.7 Å². The van der Waals surface area contributed by atoms with Gasteiger partial charge in [-0.1, -0.05) is 0 Å². The molecule has 0 aliphatic heterocycles. The van der Waals surface area contributed by atoms with Gasteiger partial charge in [0.15, 0.2) is 0 Å². The van der Waals surface area contributed by atoms with Crippen LogP contribution in [0.3, 0.4) is 0 Å². The van der Waals surface area contributed by atoms with Crippen LogP contribution in [-0.4, -0.2) is 14.5 Å². The first-order valence-corrected chi connectivity index (χ1v) is 4.82. The predicted molar refractivity (Wildman–Crippen MR) is 40.5 cm³/mol. The second-order valence-electron chi connectivity index (χ2n) is 2.03. The Morgan fingerprint density at radius 2 is 2.30 bits per heavy atom. The second kappa shape index (κ2) is 2.11. The van der Waals surface area contributed by atoms with Crippen LogP contribution in [0.5, 0.6) is 0 Å². The molecular formula is C7H6N2Se. The molecule has 1 N–H and O–H groups in total. The molecule has 0 radical (unpaired) electrons. The third-order valence-corrected chi connectivity index (χ3v) is 3.29. The molecule has 0 saturated heterocycles. The molecule has 0 saturated carbocycles. The molecule has 0 unspecified atom stereocenters. The fourth-order valence-electron chi connectivity index (χ4n) is 0.895. The first-order chi connectivity index (χ1) is 4.88. The Labute approximate surface area is 64.7 Å². The zero-order valence-corrected chi connectivity index (χ0v) is 6.96. The Hall–Kier alpha value is -0.791. The first-order valence-electron chi connectivity index (χ1n) is 2.97. The van der Waals surface area contributed by atoms with E-state index in [1.165, 1.54) is 4.39 Å². The molecule has 0 aromatic carbocycles. The number of hydrogen-bond donors (Lipinski definition) is 0. The number of nitrogens with one attached hydrogen (secondary N) is 1. The van der Waals surface area contributed by atoms with E-state index in [1.807, 2.05) is 27.7 Å². The maximum absolute atomic E-state index is 7.45. The fourth-order valence-corrected chi connectivity index (χ4v) is 2.52. The van der Waals surface area contributed by atoms with Gasteiger partial charge in [0, 0.05) is 0 Å². The molecule has 2 aromatic heterocycles. The molecule has 2 aromatic rings. The van der Waals surface area contributed by atoms with Crippen molar-refractivity contribution in [3.63, 3.8) is 0 Å². The van der Waals surface area contributed by atoms with Crippen LogP contribution in [0.15, 0.2) is 29.3 Å². The standard InChI is InChI=1S/C7H6N2Se/c8-6-5-10-7-3-1-2-4-9(6)7/h1-5,8H. The topological polar surface area (TPSA) is 27.9 Å². The number of nitrogens with zero attached hydrogens (tertiary/aromatic N) is 1. The van der Waals surface area contributed by atoms with E-state index in [4.69, 9.17) is 5.73 Å². The van der Waals surface area contributed by atoms with Gasteiger partial charge in [-0.3, -0.25) is 0 Å². The summed E-state index contributed by atoms with van der Waals surface area (Å²) in [6, 6.07) is 6.03. The summed E-state index contributed by atoms with van der Waals surface area (Å²) in [5.74, 6) is 0.621. The van der Waals surface area contributed by atoms with Crippen molar-refractivity contribution in [2.24, 2.45) is 0 Å². The molecule has 2 heterocycles. The summed E-state index contributed by atoms with van der Waals surface area (Å²) in [7, 11) is 0. The minimum atomic E-state index is 0.387. The van der Waals surface area contributed by atoms with Gasteiger partial charge in [0.2, 0.25) is 0 Å². The SMILES string of the molecule is [NH-]c1c[se]c2cccc[n+]12. The van der Waals surface area contributed by atoms with Gasteiger partial charge in [-0.05, 0) is 0 Å². The summed E-state index contributed by atoms with van der Waals surface area (Å²) in [4.78, 5) is 1.97. The van der Waals surface area contributed by atoms with Gasteiger partial charge >= 0.3 is 64.2 Å². The summed E-state index contributed by atoms with van der Waals surface area (Å²) in [6.07, 6.45) is 1.93. The number of fused-ring (bicyclic) bond motifs is 1. The van der Waals surface area contributed by atoms with Crippen LogP contribution in [0.4, 0.5) is 5.82 Å². The van der Waals surface area contributed by atoms with E-state index in [2.05, 4.69) is 6.07 Å². The van der Waals surface area contributed by atoms with Crippen LogP contribution in [0.2, 0.25) is 0 Å². The van der Waals surface area contributed by atoms with Crippen molar-refractivity contribution in [3.8, 4) is 0 Å². The molecule has 0 atom stereocenters. The van der Waals surface area contributed by atoms with E-state index in [0.717, 1.165) is 0 Å². The van der Waals surface area contributed by atoms with Gasteiger partial charge in [-0.25, -0.2) is 0 Å². The third kappa shape index (κ3) is 0.753. The first kappa shape index (κ1) is 5.95. The zero-order valence-electron chi connectivity index (χ0n) is 5.24. The van der Waals surface area contributed by atoms with Crippen molar-refractivity contribution in [2.45, 2.75) is 0 Å². The average Bonchev–Trinajstić information content (AvgIpc) is 2.34. The molecule has 0 aliphatic carbocycles. The number of pyridine rings is 1. The molecule has 0 spiro atoms. The van der Waals surface area contributed by atoms with Crippen LogP contribution in [-0.2, 0) is 0 Å². The monoisotopic (exact) mass is 198 g/mol. The number of rotatable bonds is 0. The van der Waals surface area contributed by atoms with Gasteiger partial charge in [0.05, 0.1) is 0 Å².